The molecule has 158 valence electrons. The minimum absolute atomic E-state index is 0.0789. The summed E-state index contributed by atoms with van der Waals surface area (Å²) in [5, 5.41) is 12.1. The Morgan fingerprint density at radius 3 is 2.19 bits per heavy atom. The van der Waals surface area contributed by atoms with Crippen LogP contribution >= 0.6 is 0 Å². The smallest absolute Gasteiger partial charge is 0.408 e. The van der Waals surface area contributed by atoms with Crippen LogP contribution in [0.1, 0.15) is 29.5 Å². The average molecular weight is 419 g/mol. The van der Waals surface area contributed by atoms with E-state index in [0.717, 1.165) is 22.3 Å². The standard InChI is InChI=1S/C25H22FNO4/c1-25(23(28)29,14-16-7-6-8-17(26)13-16)27-24(30)31-15-22-20-11-4-2-9-18(20)19-10-3-5-12-21(19)22/h2-13,22H,14-15H2,1H3,(H,27,30)(H,28,29)/t25-/m1/s1. The van der Waals surface area contributed by atoms with Crippen molar-refractivity contribution < 1.29 is 23.8 Å². The molecule has 0 bridgehead atoms. The molecule has 2 N–H and O–H groups in total. The predicted octanol–water partition coefficient (Wildman–Crippen LogP) is 4.75. The average Bonchev–Trinajstić information content (AvgIpc) is 3.06. The van der Waals surface area contributed by atoms with Crippen molar-refractivity contribution in [3.8, 4) is 11.1 Å². The number of hydrogen-bond donors (Lipinski definition) is 2. The summed E-state index contributed by atoms with van der Waals surface area (Å²) in [5.74, 6) is -1.82. The van der Waals surface area contributed by atoms with E-state index in [2.05, 4.69) is 5.32 Å². The van der Waals surface area contributed by atoms with Crippen molar-refractivity contribution >= 4 is 12.1 Å². The van der Waals surface area contributed by atoms with Crippen molar-refractivity contribution in [3.63, 3.8) is 0 Å². The van der Waals surface area contributed by atoms with Crippen LogP contribution in [0, 0.1) is 5.82 Å². The first-order chi connectivity index (χ1) is 14.9. The molecule has 0 aromatic heterocycles. The zero-order valence-corrected chi connectivity index (χ0v) is 17.0. The van der Waals surface area contributed by atoms with Gasteiger partial charge in [0.1, 0.15) is 18.0 Å². The number of carboxylic acid groups (broad SMARTS) is 1. The van der Waals surface area contributed by atoms with Gasteiger partial charge in [-0.3, -0.25) is 0 Å². The summed E-state index contributed by atoms with van der Waals surface area (Å²) in [4.78, 5) is 24.4. The van der Waals surface area contributed by atoms with E-state index in [1.54, 1.807) is 6.07 Å². The lowest BCUT2D eigenvalue weighted by atomic mass is 9.93. The zero-order chi connectivity index (χ0) is 22.0. The summed E-state index contributed by atoms with van der Waals surface area (Å²) < 4.78 is 18.9. The van der Waals surface area contributed by atoms with Gasteiger partial charge < -0.3 is 15.2 Å². The van der Waals surface area contributed by atoms with Gasteiger partial charge in [-0.05, 0) is 46.9 Å². The van der Waals surface area contributed by atoms with E-state index in [9.17, 15) is 19.1 Å². The number of nitrogens with one attached hydrogen (secondary N) is 1. The number of halogens is 1. The van der Waals surface area contributed by atoms with Crippen LogP contribution in [-0.2, 0) is 16.0 Å². The summed E-state index contributed by atoms with van der Waals surface area (Å²) >= 11 is 0. The molecule has 1 atom stereocenters. The maximum Gasteiger partial charge on any atom is 0.408 e. The van der Waals surface area contributed by atoms with Gasteiger partial charge in [0.05, 0.1) is 0 Å². The molecule has 1 amide bonds. The van der Waals surface area contributed by atoms with Gasteiger partial charge in [-0.15, -0.1) is 0 Å². The number of carboxylic acids is 1. The molecule has 0 aliphatic heterocycles. The van der Waals surface area contributed by atoms with Gasteiger partial charge >= 0.3 is 12.1 Å². The first kappa shape index (κ1) is 20.6. The molecule has 31 heavy (non-hydrogen) atoms. The minimum atomic E-state index is -1.64. The number of ether oxygens (including phenoxy) is 1. The molecule has 4 rings (SSSR count). The molecule has 6 heteroatoms. The van der Waals surface area contributed by atoms with E-state index in [1.807, 2.05) is 48.5 Å². The molecule has 3 aromatic carbocycles. The summed E-state index contributed by atoms with van der Waals surface area (Å²) in [6.07, 6.45) is -0.909. The van der Waals surface area contributed by atoms with E-state index in [1.165, 1.54) is 25.1 Å². The highest BCUT2D eigenvalue weighted by molar-refractivity contribution is 5.84. The lowest BCUT2D eigenvalue weighted by Crippen LogP contribution is -2.54. The topological polar surface area (TPSA) is 75.6 Å². The number of aliphatic carboxylic acids is 1. The summed E-state index contributed by atoms with van der Waals surface area (Å²) in [6.45, 7) is 1.46. The van der Waals surface area contributed by atoms with Gasteiger partial charge in [0.2, 0.25) is 0 Å². The van der Waals surface area contributed by atoms with Gasteiger partial charge in [0.25, 0.3) is 0 Å². The van der Waals surface area contributed by atoms with E-state index < -0.39 is 23.4 Å². The highest BCUT2D eigenvalue weighted by Gasteiger charge is 2.36. The van der Waals surface area contributed by atoms with Crippen LogP contribution in [0.3, 0.4) is 0 Å². The predicted molar refractivity (Wildman–Crippen MR) is 114 cm³/mol. The molecule has 0 heterocycles. The highest BCUT2D eigenvalue weighted by Crippen LogP contribution is 2.44. The fourth-order valence-corrected chi connectivity index (χ4v) is 4.09. The van der Waals surface area contributed by atoms with Crippen molar-refractivity contribution in [2.75, 3.05) is 6.61 Å². The Labute approximate surface area is 179 Å². The van der Waals surface area contributed by atoms with Crippen molar-refractivity contribution in [1.82, 2.24) is 5.32 Å². The molecule has 0 radical (unpaired) electrons. The quantitative estimate of drug-likeness (QED) is 0.605. The third-order valence-electron chi connectivity index (χ3n) is 5.64. The van der Waals surface area contributed by atoms with E-state index in [4.69, 9.17) is 4.74 Å². The number of carbonyl (C=O) groups excluding carboxylic acids is 1. The lowest BCUT2D eigenvalue weighted by molar-refractivity contribution is -0.143. The number of amides is 1. The molecule has 3 aromatic rings. The molecule has 0 fully saturated rings. The summed E-state index contributed by atoms with van der Waals surface area (Å²) in [5.41, 5.74) is 3.16. The SMILES string of the molecule is C[C@](Cc1cccc(F)c1)(NC(=O)OCC1c2ccccc2-c2ccccc21)C(=O)O. The number of rotatable bonds is 6. The molecule has 0 unspecified atom stereocenters. The Morgan fingerprint density at radius 2 is 1.61 bits per heavy atom. The summed E-state index contributed by atoms with van der Waals surface area (Å²) in [7, 11) is 0. The maximum absolute atomic E-state index is 13.5. The highest BCUT2D eigenvalue weighted by atomic mass is 19.1. The molecule has 1 aliphatic carbocycles. The first-order valence-corrected chi connectivity index (χ1v) is 9.98. The normalized spacial score (nSPS) is 14.3. The maximum atomic E-state index is 13.5. The molecule has 5 nitrogen and oxygen atoms in total. The molecule has 1 aliphatic rings. The monoisotopic (exact) mass is 419 g/mol. The largest absolute Gasteiger partial charge is 0.480 e. The van der Waals surface area contributed by atoms with E-state index >= 15 is 0 Å². The van der Waals surface area contributed by atoms with Crippen molar-refractivity contribution in [2.45, 2.75) is 24.8 Å². The van der Waals surface area contributed by atoms with Crippen LogP contribution in [0.15, 0.2) is 72.8 Å². The first-order valence-electron chi connectivity index (χ1n) is 9.98. The van der Waals surface area contributed by atoms with Crippen LogP contribution in [0.2, 0.25) is 0 Å². The number of benzene rings is 3. The van der Waals surface area contributed by atoms with E-state index in [0.29, 0.717) is 5.56 Å². The van der Waals surface area contributed by atoms with Crippen LogP contribution in [0.25, 0.3) is 11.1 Å². The fraction of sp³-hybridized carbons (Fsp3) is 0.200. The third-order valence-corrected chi connectivity index (χ3v) is 5.64. The van der Waals surface area contributed by atoms with Gasteiger partial charge in [-0.25, -0.2) is 14.0 Å². The Bertz CT molecular complexity index is 1100. The molecular weight excluding hydrogens is 397 g/mol. The fourth-order valence-electron chi connectivity index (χ4n) is 4.09. The molecular formula is C25H22FNO4. The van der Waals surface area contributed by atoms with Crippen molar-refractivity contribution in [3.05, 3.63) is 95.3 Å². The minimum Gasteiger partial charge on any atom is -0.480 e. The Balaban J connectivity index is 1.47. The van der Waals surface area contributed by atoms with Gasteiger partial charge in [0.15, 0.2) is 0 Å². The number of fused-ring (bicyclic) bond motifs is 3. The Hall–Kier alpha value is -3.67. The van der Waals surface area contributed by atoms with Gasteiger partial charge in [-0.1, -0.05) is 60.7 Å². The second kappa shape index (κ2) is 8.22. The number of carbonyl (C=O) groups is 2. The summed E-state index contributed by atoms with van der Waals surface area (Å²) in [6, 6.07) is 21.6. The second-order valence-corrected chi connectivity index (χ2v) is 7.89. The number of hydrogen-bond acceptors (Lipinski definition) is 3. The Morgan fingerprint density at radius 1 is 1.00 bits per heavy atom. The zero-order valence-electron chi connectivity index (χ0n) is 17.0. The van der Waals surface area contributed by atoms with Crippen LogP contribution < -0.4 is 5.32 Å². The molecule has 0 saturated carbocycles. The number of alkyl carbamates (subject to hydrolysis) is 1. The van der Waals surface area contributed by atoms with Gasteiger partial charge in [-0.2, -0.15) is 0 Å². The molecule has 0 spiro atoms. The van der Waals surface area contributed by atoms with Crippen LogP contribution in [0.5, 0.6) is 0 Å². The lowest BCUT2D eigenvalue weighted by Gasteiger charge is -2.26. The van der Waals surface area contributed by atoms with Gasteiger partial charge in [0, 0.05) is 12.3 Å². The van der Waals surface area contributed by atoms with Crippen molar-refractivity contribution in [2.24, 2.45) is 0 Å². The van der Waals surface area contributed by atoms with Crippen LogP contribution in [-0.4, -0.2) is 29.3 Å². The molecule has 0 saturated heterocycles. The third kappa shape index (κ3) is 4.14. The van der Waals surface area contributed by atoms with Crippen LogP contribution in [0.4, 0.5) is 9.18 Å². The Kier molecular flexibility index (Phi) is 5.46. The van der Waals surface area contributed by atoms with Crippen molar-refractivity contribution in [1.29, 1.82) is 0 Å². The van der Waals surface area contributed by atoms with E-state index in [-0.39, 0.29) is 18.9 Å². The second-order valence-electron chi connectivity index (χ2n) is 7.89.